The van der Waals surface area contributed by atoms with Gasteiger partial charge in [-0.25, -0.2) is 0 Å². The van der Waals surface area contributed by atoms with E-state index in [-0.39, 0.29) is 12.2 Å². The van der Waals surface area contributed by atoms with Gasteiger partial charge in [0.15, 0.2) is 0 Å². The molecule has 80 valence electrons. The van der Waals surface area contributed by atoms with Crippen LogP contribution in [0.5, 0.6) is 0 Å². The highest BCUT2D eigenvalue weighted by Gasteiger charge is 2.06. The summed E-state index contributed by atoms with van der Waals surface area (Å²) in [5.41, 5.74) is 0. The fraction of sp³-hybridized carbons (Fsp3) is 1.00. The molecular formula is C10H22O3. The lowest BCUT2D eigenvalue weighted by atomic mass is 10.1. The van der Waals surface area contributed by atoms with Gasteiger partial charge in [0.25, 0.3) is 0 Å². The standard InChI is InChI=1S/C10H22O3/c1-9(13-3)6-7-10(11)5-4-8-12-2/h9-11H,4-8H2,1-3H3. The fourth-order valence-corrected chi connectivity index (χ4v) is 1.15. The van der Waals surface area contributed by atoms with E-state index in [9.17, 15) is 5.11 Å². The minimum absolute atomic E-state index is 0.201. The SMILES string of the molecule is COCCCC(O)CCC(C)OC. The van der Waals surface area contributed by atoms with Gasteiger partial charge in [-0.1, -0.05) is 0 Å². The monoisotopic (exact) mass is 190 g/mol. The normalized spacial score (nSPS) is 15.7. The first-order valence-corrected chi connectivity index (χ1v) is 4.90. The Balaban J connectivity index is 3.24. The Morgan fingerprint density at radius 3 is 2.38 bits per heavy atom. The predicted octanol–water partition coefficient (Wildman–Crippen LogP) is 1.59. The van der Waals surface area contributed by atoms with Crippen molar-refractivity contribution in [3.8, 4) is 0 Å². The van der Waals surface area contributed by atoms with E-state index in [1.165, 1.54) is 0 Å². The number of rotatable bonds is 8. The van der Waals surface area contributed by atoms with Crippen LogP contribution >= 0.6 is 0 Å². The molecule has 3 heteroatoms. The fourth-order valence-electron chi connectivity index (χ4n) is 1.15. The van der Waals surface area contributed by atoms with E-state index in [0.29, 0.717) is 0 Å². The minimum atomic E-state index is -0.201. The van der Waals surface area contributed by atoms with Crippen molar-refractivity contribution >= 4 is 0 Å². The minimum Gasteiger partial charge on any atom is -0.393 e. The molecule has 0 aromatic rings. The second-order valence-corrected chi connectivity index (χ2v) is 3.41. The quantitative estimate of drug-likeness (QED) is 0.591. The lowest BCUT2D eigenvalue weighted by molar-refractivity contribution is 0.0781. The first-order chi connectivity index (χ1) is 6.20. The molecule has 2 unspecified atom stereocenters. The molecule has 1 N–H and O–H groups in total. The smallest absolute Gasteiger partial charge is 0.0544 e. The Labute approximate surface area is 81.0 Å². The first kappa shape index (κ1) is 12.9. The Morgan fingerprint density at radius 2 is 1.85 bits per heavy atom. The lowest BCUT2D eigenvalue weighted by Gasteiger charge is -2.13. The van der Waals surface area contributed by atoms with Gasteiger partial charge >= 0.3 is 0 Å². The molecule has 2 atom stereocenters. The molecule has 0 aromatic heterocycles. The van der Waals surface area contributed by atoms with Crippen LogP contribution in [0.4, 0.5) is 0 Å². The third-order valence-electron chi connectivity index (χ3n) is 2.19. The number of hydrogen-bond donors (Lipinski definition) is 1. The molecule has 0 aliphatic carbocycles. The van der Waals surface area contributed by atoms with Gasteiger partial charge in [0.1, 0.15) is 0 Å². The van der Waals surface area contributed by atoms with Crippen molar-refractivity contribution in [3.05, 3.63) is 0 Å². The summed E-state index contributed by atoms with van der Waals surface area (Å²) in [6.45, 7) is 2.75. The van der Waals surface area contributed by atoms with Gasteiger partial charge in [0.05, 0.1) is 12.2 Å². The molecule has 13 heavy (non-hydrogen) atoms. The van der Waals surface area contributed by atoms with Crippen LogP contribution in [0, 0.1) is 0 Å². The molecule has 0 fully saturated rings. The van der Waals surface area contributed by atoms with Gasteiger partial charge in [-0.3, -0.25) is 0 Å². The van der Waals surface area contributed by atoms with E-state index in [0.717, 1.165) is 32.3 Å². The van der Waals surface area contributed by atoms with Crippen molar-refractivity contribution < 1.29 is 14.6 Å². The summed E-state index contributed by atoms with van der Waals surface area (Å²) in [5.74, 6) is 0. The zero-order valence-corrected chi connectivity index (χ0v) is 8.95. The zero-order valence-electron chi connectivity index (χ0n) is 8.95. The van der Waals surface area contributed by atoms with Gasteiger partial charge in [-0.05, 0) is 32.6 Å². The summed E-state index contributed by atoms with van der Waals surface area (Å²) in [7, 11) is 3.38. The Bertz CT molecular complexity index is 106. The highest BCUT2D eigenvalue weighted by molar-refractivity contribution is 4.59. The highest BCUT2D eigenvalue weighted by Crippen LogP contribution is 2.08. The molecule has 0 bridgehead atoms. The van der Waals surface area contributed by atoms with Crippen LogP contribution in [-0.2, 0) is 9.47 Å². The molecule has 0 spiro atoms. The second kappa shape index (κ2) is 8.48. The van der Waals surface area contributed by atoms with Crippen LogP contribution < -0.4 is 0 Å². The average molecular weight is 190 g/mol. The number of methoxy groups -OCH3 is 2. The average Bonchev–Trinajstić information content (AvgIpc) is 2.14. The molecule has 0 rings (SSSR count). The maximum Gasteiger partial charge on any atom is 0.0544 e. The van der Waals surface area contributed by atoms with Crippen molar-refractivity contribution in [1.29, 1.82) is 0 Å². The summed E-state index contributed by atoms with van der Waals surface area (Å²) in [6.07, 6.45) is 3.54. The van der Waals surface area contributed by atoms with Crippen LogP contribution in [0.25, 0.3) is 0 Å². The van der Waals surface area contributed by atoms with Crippen LogP contribution in [0.2, 0.25) is 0 Å². The number of ether oxygens (including phenoxy) is 2. The maximum absolute atomic E-state index is 9.51. The molecule has 0 heterocycles. The lowest BCUT2D eigenvalue weighted by Crippen LogP contribution is -2.13. The second-order valence-electron chi connectivity index (χ2n) is 3.41. The van der Waals surface area contributed by atoms with Crippen LogP contribution in [-0.4, -0.2) is 38.1 Å². The Morgan fingerprint density at radius 1 is 1.15 bits per heavy atom. The third-order valence-corrected chi connectivity index (χ3v) is 2.19. The van der Waals surface area contributed by atoms with E-state index in [4.69, 9.17) is 9.47 Å². The molecule has 0 radical (unpaired) electrons. The van der Waals surface area contributed by atoms with Crippen molar-refractivity contribution in [2.45, 2.75) is 44.8 Å². The molecule has 3 nitrogen and oxygen atoms in total. The molecule has 0 saturated carbocycles. The van der Waals surface area contributed by atoms with Gasteiger partial charge in [-0.2, -0.15) is 0 Å². The number of aliphatic hydroxyl groups excluding tert-OH is 1. The highest BCUT2D eigenvalue weighted by atomic mass is 16.5. The Hall–Kier alpha value is -0.120. The maximum atomic E-state index is 9.51. The van der Waals surface area contributed by atoms with E-state index < -0.39 is 0 Å². The Kier molecular flexibility index (Phi) is 8.40. The molecular weight excluding hydrogens is 168 g/mol. The molecule has 0 aliphatic rings. The van der Waals surface area contributed by atoms with Crippen LogP contribution in [0.15, 0.2) is 0 Å². The number of aliphatic hydroxyl groups is 1. The van der Waals surface area contributed by atoms with E-state index in [1.807, 2.05) is 6.92 Å². The summed E-state index contributed by atoms with van der Waals surface area (Å²) in [6, 6.07) is 0. The molecule has 0 aromatic carbocycles. The molecule has 0 aliphatic heterocycles. The van der Waals surface area contributed by atoms with Crippen molar-refractivity contribution in [2.24, 2.45) is 0 Å². The largest absolute Gasteiger partial charge is 0.393 e. The van der Waals surface area contributed by atoms with Gasteiger partial charge in [0, 0.05) is 20.8 Å². The van der Waals surface area contributed by atoms with Gasteiger partial charge < -0.3 is 14.6 Å². The summed E-state index contributed by atoms with van der Waals surface area (Å²) >= 11 is 0. The molecule has 0 amide bonds. The van der Waals surface area contributed by atoms with Gasteiger partial charge in [0.2, 0.25) is 0 Å². The van der Waals surface area contributed by atoms with Crippen molar-refractivity contribution in [1.82, 2.24) is 0 Å². The van der Waals surface area contributed by atoms with Crippen molar-refractivity contribution in [3.63, 3.8) is 0 Å². The first-order valence-electron chi connectivity index (χ1n) is 4.90. The van der Waals surface area contributed by atoms with Gasteiger partial charge in [-0.15, -0.1) is 0 Å². The van der Waals surface area contributed by atoms with E-state index in [2.05, 4.69) is 0 Å². The predicted molar refractivity (Wildman–Crippen MR) is 52.8 cm³/mol. The zero-order chi connectivity index (χ0) is 10.1. The summed E-state index contributed by atoms with van der Waals surface area (Å²) in [5, 5.41) is 9.51. The van der Waals surface area contributed by atoms with Crippen LogP contribution in [0.3, 0.4) is 0 Å². The van der Waals surface area contributed by atoms with Crippen LogP contribution in [0.1, 0.15) is 32.6 Å². The topological polar surface area (TPSA) is 38.7 Å². The summed E-state index contributed by atoms with van der Waals surface area (Å²) in [4.78, 5) is 0. The number of hydrogen-bond acceptors (Lipinski definition) is 3. The van der Waals surface area contributed by atoms with Crippen molar-refractivity contribution in [2.75, 3.05) is 20.8 Å². The third kappa shape index (κ3) is 8.22. The molecule has 0 saturated heterocycles. The van der Waals surface area contributed by atoms with E-state index >= 15 is 0 Å². The van der Waals surface area contributed by atoms with E-state index in [1.54, 1.807) is 14.2 Å². The summed E-state index contributed by atoms with van der Waals surface area (Å²) < 4.78 is 9.99.